The molecule has 0 unspecified atom stereocenters. The van der Waals surface area contributed by atoms with E-state index in [4.69, 9.17) is 0 Å². The van der Waals surface area contributed by atoms with Gasteiger partial charge in [0.2, 0.25) is 0 Å². The summed E-state index contributed by atoms with van der Waals surface area (Å²) in [7, 11) is 0.749. The summed E-state index contributed by atoms with van der Waals surface area (Å²) in [6.07, 6.45) is 0.605. The summed E-state index contributed by atoms with van der Waals surface area (Å²) in [5, 5.41) is 0. The molecular formula is C6H11F2NS2. The van der Waals surface area contributed by atoms with Crippen molar-refractivity contribution in [3.63, 3.8) is 0 Å². The first-order chi connectivity index (χ1) is 5.14. The maximum absolute atomic E-state index is 12.7. The molecule has 0 N–H and O–H groups in total. The molecule has 1 aliphatic heterocycles. The molecule has 0 amide bonds. The van der Waals surface area contributed by atoms with Gasteiger partial charge in [0.1, 0.15) is 0 Å². The van der Waals surface area contributed by atoms with Crippen LogP contribution in [0, 0.1) is 0 Å². The van der Waals surface area contributed by atoms with Crippen molar-refractivity contribution < 1.29 is 8.78 Å². The van der Waals surface area contributed by atoms with Gasteiger partial charge >= 0.3 is 0 Å². The highest BCUT2D eigenvalue weighted by molar-refractivity contribution is 8.67. The molecule has 0 spiro atoms. The van der Waals surface area contributed by atoms with Gasteiger partial charge in [-0.3, -0.25) is 4.90 Å². The lowest BCUT2D eigenvalue weighted by atomic mass is 10.1. The molecule has 0 radical (unpaired) electrons. The van der Waals surface area contributed by atoms with Crippen molar-refractivity contribution in [2.24, 2.45) is 0 Å². The summed E-state index contributed by atoms with van der Waals surface area (Å²) in [6.45, 7) is 0.601. The number of hydrogen-bond acceptors (Lipinski definition) is 1. The molecule has 0 aromatic heterocycles. The smallest absolute Gasteiger partial charge is 0.261 e. The zero-order chi connectivity index (χ0) is 8.32. The topological polar surface area (TPSA) is 3.24 Å². The molecule has 1 nitrogen and oxygen atoms in total. The monoisotopic (exact) mass is 199 g/mol. The molecule has 0 bridgehead atoms. The number of halogens is 2. The fourth-order valence-corrected chi connectivity index (χ4v) is 1.95. The Kier molecular flexibility index (Phi) is 3.33. The molecule has 0 aliphatic carbocycles. The number of rotatable bonds is 1. The van der Waals surface area contributed by atoms with Crippen LogP contribution >= 0.6 is 22.0 Å². The van der Waals surface area contributed by atoms with Crippen LogP contribution in [0.5, 0.6) is 0 Å². The minimum atomic E-state index is -2.49. The molecule has 1 aliphatic rings. The van der Waals surface area contributed by atoms with E-state index in [9.17, 15) is 8.78 Å². The van der Waals surface area contributed by atoms with E-state index >= 15 is 0 Å². The van der Waals surface area contributed by atoms with Crippen molar-refractivity contribution in [3.05, 3.63) is 0 Å². The van der Waals surface area contributed by atoms with E-state index < -0.39 is 5.92 Å². The summed E-state index contributed by atoms with van der Waals surface area (Å²) in [5.41, 5.74) is 1.69. The zero-order valence-electron chi connectivity index (χ0n) is 6.00. The maximum atomic E-state index is 12.7. The van der Waals surface area contributed by atoms with Gasteiger partial charge in [0.05, 0.1) is 6.54 Å². The van der Waals surface area contributed by atoms with Crippen LogP contribution in [0.3, 0.4) is 0 Å². The van der Waals surface area contributed by atoms with Crippen molar-refractivity contribution in [1.29, 1.82) is 0 Å². The fourth-order valence-electron chi connectivity index (χ4n) is 1.17. The molecule has 5 heteroatoms. The van der Waals surface area contributed by atoms with Gasteiger partial charge in [0.25, 0.3) is 5.92 Å². The third kappa shape index (κ3) is 3.09. The van der Waals surface area contributed by atoms with Gasteiger partial charge in [-0.2, -0.15) is 0 Å². The number of likely N-dealkylation sites (tertiary alicyclic amines) is 1. The average molecular weight is 199 g/mol. The predicted octanol–water partition coefficient (Wildman–Crippen LogP) is 1.79. The number of hydrogen-bond donors (Lipinski definition) is 2. The van der Waals surface area contributed by atoms with Gasteiger partial charge < -0.3 is 0 Å². The maximum Gasteiger partial charge on any atom is 0.261 e. The van der Waals surface area contributed by atoms with E-state index in [2.05, 4.69) is 11.7 Å². The second-order valence-corrected chi connectivity index (χ2v) is 3.82. The summed E-state index contributed by atoms with van der Waals surface area (Å²) in [6, 6.07) is 0. The van der Waals surface area contributed by atoms with Crippen molar-refractivity contribution in [3.8, 4) is 0 Å². The summed E-state index contributed by atoms with van der Waals surface area (Å²) in [4.78, 5) is 1.64. The number of piperidine rings is 1. The standard InChI is InChI=1S/C6H11F2NS2/c7-6(8)2-1-3-9(4-6)5-11-10/h5,10-11H,1-4H2. The van der Waals surface area contributed by atoms with Gasteiger partial charge in [0.15, 0.2) is 0 Å². The number of thiol groups is 2. The van der Waals surface area contributed by atoms with Crippen molar-refractivity contribution in [2.45, 2.75) is 18.8 Å². The van der Waals surface area contributed by atoms with Crippen LogP contribution in [-0.2, 0) is 0 Å². The molecule has 1 heterocycles. The van der Waals surface area contributed by atoms with E-state index in [0.717, 1.165) is 16.9 Å². The second-order valence-electron chi connectivity index (χ2n) is 2.66. The van der Waals surface area contributed by atoms with Crippen molar-refractivity contribution >= 4 is 27.5 Å². The first-order valence-corrected chi connectivity index (χ1v) is 5.55. The quantitative estimate of drug-likeness (QED) is 0.370. The Morgan fingerprint density at radius 2 is 2.27 bits per heavy atom. The normalized spacial score (nSPS) is 26.8. The number of alkyl halides is 2. The van der Waals surface area contributed by atoms with Crippen LogP contribution in [0.15, 0.2) is 0 Å². The highest BCUT2D eigenvalue weighted by Gasteiger charge is 2.34. The summed E-state index contributed by atoms with van der Waals surface area (Å²) >= 11 is 3.92. The van der Waals surface area contributed by atoms with Crippen LogP contribution in [0.25, 0.3) is 0 Å². The van der Waals surface area contributed by atoms with Gasteiger partial charge in [-0.15, -0.1) is 22.0 Å². The first-order valence-electron chi connectivity index (χ1n) is 3.43. The van der Waals surface area contributed by atoms with E-state index in [0.29, 0.717) is 6.42 Å². The minimum Gasteiger partial charge on any atom is -0.270 e. The predicted molar refractivity (Wildman–Crippen MR) is 49.8 cm³/mol. The lowest BCUT2D eigenvalue weighted by Crippen LogP contribution is -2.41. The Morgan fingerprint density at radius 3 is 2.82 bits per heavy atom. The average Bonchev–Trinajstić information content (AvgIpc) is 1.85. The van der Waals surface area contributed by atoms with Crippen LogP contribution in [-0.4, -0.2) is 29.4 Å². The number of nitrogens with zero attached hydrogens (tertiary/aromatic N) is 1. The van der Waals surface area contributed by atoms with Crippen LogP contribution in [0.1, 0.15) is 12.8 Å². The Labute approximate surface area is 73.5 Å². The zero-order valence-corrected chi connectivity index (χ0v) is 7.79. The van der Waals surface area contributed by atoms with E-state index in [1.807, 2.05) is 0 Å². The van der Waals surface area contributed by atoms with Crippen LogP contribution < -0.4 is 0 Å². The SMILES string of the molecule is FC1(F)CCCN(/C=[SH]/S)C1. The van der Waals surface area contributed by atoms with E-state index in [1.54, 1.807) is 10.4 Å². The molecule has 66 valence electrons. The lowest BCUT2D eigenvalue weighted by molar-refractivity contribution is -0.0450. The molecule has 11 heavy (non-hydrogen) atoms. The Bertz CT molecular complexity index is 161. The molecule has 0 saturated carbocycles. The van der Waals surface area contributed by atoms with Crippen molar-refractivity contribution in [2.75, 3.05) is 13.1 Å². The largest absolute Gasteiger partial charge is 0.270 e. The molecular weight excluding hydrogens is 188 g/mol. The Hall–Kier alpha value is 0.390. The van der Waals surface area contributed by atoms with Crippen LogP contribution in [0.2, 0.25) is 0 Å². The Morgan fingerprint density at radius 1 is 1.55 bits per heavy atom. The molecule has 0 aromatic carbocycles. The van der Waals surface area contributed by atoms with Gasteiger partial charge in [-0.25, -0.2) is 8.78 Å². The van der Waals surface area contributed by atoms with E-state index in [-0.39, 0.29) is 13.0 Å². The van der Waals surface area contributed by atoms with E-state index in [1.165, 1.54) is 0 Å². The minimum absolute atomic E-state index is 0.0286. The van der Waals surface area contributed by atoms with Gasteiger partial charge in [-0.05, 0) is 6.42 Å². The molecule has 1 rings (SSSR count). The first kappa shape index (κ1) is 9.48. The molecule has 1 fully saturated rings. The third-order valence-corrected chi connectivity index (χ3v) is 2.38. The molecule has 0 atom stereocenters. The lowest BCUT2D eigenvalue weighted by Gasteiger charge is -2.29. The van der Waals surface area contributed by atoms with Crippen LogP contribution in [0.4, 0.5) is 8.78 Å². The second kappa shape index (κ2) is 3.87. The third-order valence-electron chi connectivity index (χ3n) is 1.64. The molecule has 1 saturated heterocycles. The molecule has 0 aromatic rings. The Balaban J connectivity index is 2.46. The highest BCUT2D eigenvalue weighted by atomic mass is 33.1. The fraction of sp³-hybridized carbons (Fsp3) is 0.833. The summed E-state index contributed by atoms with van der Waals surface area (Å²) < 4.78 is 25.4. The van der Waals surface area contributed by atoms with Gasteiger partial charge in [-0.1, -0.05) is 0 Å². The van der Waals surface area contributed by atoms with Gasteiger partial charge in [0, 0.05) is 18.5 Å². The summed E-state index contributed by atoms with van der Waals surface area (Å²) in [5.74, 6) is -2.49. The van der Waals surface area contributed by atoms with Crippen molar-refractivity contribution in [1.82, 2.24) is 4.90 Å². The highest BCUT2D eigenvalue weighted by Crippen LogP contribution is 2.25.